The number of methoxy groups -OCH3 is 1. The maximum atomic E-state index is 6.48. The van der Waals surface area contributed by atoms with Crippen LogP contribution >= 0.6 is 11.6 Å². The molecule has 0 bridgehead atoms. The zero-order valence-electron chi connectivity index (χ0n) is 11.7. The van der Waals surface area contributed by atoms with E-state index in [-0.39, 0.29) is 5.38 Å². The molecule has 0 radical (unpaired) electrons. The number of rotatable bonds is 6. The van der Waals surface area contributed by atoms with E-state index in [1.165, 1.54) is 35.6 Å². The van der Waals surface area contributed by atoms with Crippen LogP contribution in [0.3, 0.4) is 0 Å². The molecule has 0 saturated heterocycles. The molecule has 0 fully saturated rings. The molecule has 0 saturated carbocycles. The van der Waals surface area contributed by atoms with E-state index in [0.717, 1.165) is 12.2 Å². The molecule has 2 rings (SSSR count). The second-order valence-corrected chi connectivity index (χ2v) is 5.46. The number of halogens is 1. The van der Waals surface area contributed by atoms with Gasteiger partial charge in [-0.15, -0.1) is 11.6 Å². The van der Waals surface area contributed by atoms with Crippen molar-refractivity contribution in [3.05, 3.63) is 42.0 Å². The average molecular weight is 277 g/mol. The average Bonchev–Trinajstić information content (AvgIpc) is 2.46. The third kappa shape index (κ3) is 3.63. The molecule has 0 aliphatic rings. The smallest absolute Gasteiger partial charge is 0.119 e. The van der Waals surface area contributed by atoms with Crippen molar-refractivity contribution < 1.29 is 4.74 Å². The molecule has 19 heavy (non-hydrogen) atoms. The van der Waals surface area contributed by atoms with Crippen LogP contribution < -0.4 is 4.74 Å². The molecular weight excluding hydrogens is 256 g/mol. The van der Waals surface area contributed by atoms with Gasteiger partial charge in [0.1, 0.15) is 5.75 Å². The van der Waals surface area contributed by atoms with Gasteiger partial charge in [-0.2, -0.15) is 0 Å². The van der Waals surface area contributed by atoms with E-state index in [0.29, 0.717) is 0 Å². The SMILES string of the molecule is CCCCCC(Cl)c1ccc2cc(OC)ccc2c1. The van der Waals surface area contributed by atoms with Crippen molar-refractivity contribution in [2.24, 2.45) is 0 Å². The topological polar surface area (TPSA) is 9.23 Å². The Kier molecular flexibility index (Phi) is 5.09. The van der Waals surface area contributed by atoms with E-state index in [4.69, 9.17) is 16.3 Å². The molecule has 1 unspecified atom stereocenters. The molecule has 0 aliphatic carbocycles. The number of fused-ring (bicyclic) bond motifs is 1. The Morgan fingerprint density at radius 2 is 1.79 bits per heavy atom. The third-order valence-corrected chi connectivity index (χ3v) is 3.96. The minimum atomic E-state index is 0.123. The highest BCUT2D eigenvalue weighted by molar-refractivity contribution is 6.20. The monoisotopic (exact) mass is 276 g/mol. The zero-order valence-corrected chi connectivity index (χ0v) is 12.4. The Morgan fingerprint density at radius 3 is 2.53 bits per heavy atom. The second-order valence-electron chi connectivity index (χ2n) is 4.94. The van der Waals surface area contributed by atoms with Gasteiger partial charge in [0.2, 0.25) is 0 Å². The summed E-state index contributed by atoms with van der Waals surface area (Å²) < 4.78 is 5.24. The summed E-state index contributed by atoms with van der Waals surface area (Å²) >= 11 is 6.48. The highest BCUT2D eigenvalue weighted by Crippen LogP contribution is 2.30. The number of hydrogen-bond donors (Lipinski definition) is 0. The van der Waals surface area contributed by atoms with Gasteiger partial charge in [0.05, 0.1) is 12.5 Å². The van der Waals surface area contributed by atoms with Crippen molar-refractivity contribution in [3.8, 4) is 5.75 Å². The standard InChI is InChI=1S/C17H21ClO/c1-3-4-5-6-17(18)15-8-7-14-12-16(19-2)10-9-13(14)11-15/h7-12,17H,3-6H2,1-2H3. The van der Waals surface area contributed by atoms with E-state index >= 15 is 0 Å². The maximum absolute atomic E-state index is 6.48. The molecule has 0 aromatic heterocycles. The van der Waals surface area contributed by atoms with E-state index in [1.807, 2.05) is 6.07 Å². The van der Waals surface area contributed by atoms with Crippen LogP contribution in [0.1, 0.15) is 43.5 Å². The van der Waals surface area contributed by atoms with Gasteiger partial charge in [0, 0.05) is 0 Å². The highest BCUT2D eigenvalue weighted by atomic mass is 35.5. The minimum Gasteiger partial charge on any atom is -0.497 e. The molecular formula is C17H21ClO. The Bertz CT molecular complexity index is 536. The van der Waals surface area contributed by atoms with E-state index in [2.05, 4.69) is 37.3 Å². The lowest BCUT2D eigenvalue weighted by Gasteiger charge is -2.11. The van der Waals surface area contributed by atoms with Crippen LogP contribution in [0, 0.1) is 0 Å². The summed E-state index contributed by atoms with van der Waals surface area (Å²) in [6.45, 7) is 2.21. The van der Waals surface area contributed by atoms with Crippen molar-refractivity contribution in [3.63, 3.8) is 0 Å². The highest BCUT2D eigenvalue weighted by Gasteiger charge is 2.08. The van der Waals surface area contributed by atoms with Crippen LogP contribution in [0.2, 0.25) is 0 Å². The molecule has 2 aromatic carbocycles. The van der Waals surface area contributed by atoms with Gasteiger partial charge in [-0.1, -0.05) is 44.4 Å². The van der Waals surface area contributed by atoms with Gasteiger partial charge in [-0.05, 0) is 41.0 Å². The van der Waals surface area contributed by atoms with Gasteiger partial charge in [0.25, 0.3) is 0 Å². The fraction of sp³-hybridized carbons (Fsp3) is 0.412. The van der Waals surface area contributed by atoms with Gasteiger partial charge in [-0.3, -0.25) is 0 Å². The predicted molar refractivity (Wildman–Crippen MR) is 83.2 cm³/mol. The second kappa shape index (κ2) is 6.81. The predicted octanol–water partition coefficient (Wildman–Crippen LogP) is 5.71. The zero-order chi connectivity index (χ0) is 13.7. The fourth-order valence-corrected chi connectivity index (χ4v) is 2.59. The summed E-state index contributed by atoms with van der Waals surface area (Å²) in [6, 6.07) is 12.6. The first-order chi connectivity index (χ1) is 9.24. The number of alkyl halides is 1. The quantitative estimate of drug-likeness (QED) is 0.485. The van der Waals surface area contributed by atoms with Crippen LogP contribution in [0.25, 0.3) is 10.8 Å². The lowest BCUT2D eigenvalue weighted by molar-refractivity contribution is 0.415. The van der Waals surface area contributed by atoms with Crippen LogP contribution in [0.4, 0.5) is 0 Å². The Balaban J connectivity index is 2.16. The maximum Gasteiger partial charge on any atom is 0.119 e. The molecule has 2 heteroatoms. The lowest BCUT2D eigenvalue weighted by Crippen LogP contribution is -1.91. The summed E-state index contributed by atoms with van der Waals surface area (Å²) in [5.41, 5.74) is 1.22. The molecule has 1 atom stereocenters. The van der Waals surface area contributed by atoms with Gasteiger partial charge >= 0.3 is 0 Å². The molecule has 0 heterocycles. The number of ether oxygens (including phenoxy) is 1. The molecule has 102 valence electrons. The van der Waals surface area contributed by atoms with Gasteiger partial charge in [0.15, 0.2) is 0 Å². The Hall–Kier alpha value is -1.21. The summed E-state index contributed by atoms with van der Waals surface area (Å²) in [5.74, 6) is 0.894. The summed E-state index contributed by atoms with van der Waals surface area (Å²) in [7, 11) is 1.69. The molecule has 0 aliphatic heterocycles. The van der Waals surface area contributed by atoms with Gasteiger partial charge in [-0.25, -0.2) is 0 Å². The molecule has 2 aromatic rings. The number of unbranched alkanes of at least 4 members (excludes halogenated alkanes) is 2. The van der Waals surface area contributed by atoms with Gasteiger partial charge < -0.3 is 4.74 Å². The fourth-order valence-electron chi connectivity index (χ4n) is 2.30. The van der Waals surface area contributed by atoms with Crippen LogP contribution in [-0.4, -0.2) is 7.11 Å². The first-order valence-electron chi connectivity index (χ1n) is 6.96. The molecule has 0 N–H and O–H groups in total. The van der Waals surface area contributed by atoms with E-state index in [9.17, 15) is 0 Å². The Morgan fingerprint density at radius 1 is 1.05 bits per heavy atom. The minimum absolute atomic E-state index is 0.123. The van der Waals surface area contributed by atoms with Crippen molar-refractivity contribution >= 4 is 22.4 Å². The van der Waals surface area contributed by atoms with Crippen molar-refractivity contribution in [1.82, 2.24) is 0 Å². The Labute approximate surface area is 120 Å². The molecule has 0 spiro atoms. The van der Waals surface area contributed by atoms with E-state index in [1.54, 1.807) is 7.11 Å². The van der Waals surface area contributed by atoms with Crippen LogP contribution in [0.15, 0.2) is 36.4 Å². The van der Waals surface area contributed by atoms with Crippen molar-refractivity contribution in [2.45, 2.75) is 38.0 Å². The molecule has 1 nitrogen and oxygen atoms in total. The molecule has 0 amide bonds. The first kappa shape index (κ1) is 14.2. The largest absolute Gasteiger partial charge is 0.497 e. The summed E-state index contributed by atoms with van der Waals surface area (Å²) in [5, 5.41) is 2.54. The van der Waals surface area contributed by atoms with Crippen molar-refractivity contribution in [1.29, 1.82) is 0 Å². The normalized spacial score (nSPS) is 12.6. The van der Waals surface area contributed by atoms with E-state index < -0.39 is 0 Å². The number of benzene rings is 2. The third-order valence-electron chi connectivity index (χ3n) is 3.49. The van der Waals surface area contributed by atoms with Crippen molar-refractivity contribution in [2.75, 3.05) is 7.11 Å². The first-order valence-corrected chi connectivity index (χ1v) is 7.40. The number of hydrogen-bond acceptors (Lipinski definition) is 1. The van der Waals surface area contributed by atoms with Crippen LogP contribution in [0.5, 0.6) is 5.75 Å². The lowest BCUT2D eigenvalue weighted by atomic mass is 10.0. The summed E-state index contributed by atoms with van der Waals surface area (Å²) in [6.07, 6.45) is 4.75. The van der Waals surface area contributed by atoms with Crippen LogP contribution in [-0.2, 0) is 0 Å². The summed E-state index contributed by atoms with van der Waals surface area (Å²) in [4.78, 5) is 0.